The van der Waals surface area contributed by atoms with Crippen molar-refractivity contribution in [3.63, 3.8) is 0 Å². The van der Waals surface area contributed by atoms with Gasteiger partial charge < -0.3 is 4.74 Å². The van der Waals surface area contributed by atoms with E-state index in [1.807, 2.05) is 0 Å². The van der Waals surface area contributed by atoms with Gasteiger partial charge in [0.1, 0.15) is 0 Å². The minimum atomic E-state index is 0.373. The van der Waals surface area contributed by atoms with Crippen molar-refractivity contribution < 1.29 is 4.74 Å². The van der Waals surface area contributed by atoms with Gasteiger partial charge in [0.25, 0.3) is 0 Å². The second-order valence-electron chi connectivity index (χ2n) is 3.57. The van der Waals surface area contributed by atoms with Gasteiger partial charge in [-0.25, -0.2) is 0 Å². The summed E-state index contributed by atoms with van der Waals surface area (Å²) >= 11 is 4.19. The lowest BCUT2D eigenvalue weighted by Gasteiger charge is -2.18. The molecule has 1 nitrogen and oxygen atoms in total. The van der Waals surface area contributed by atoms with Crippen molar-refractivity contribution in [3.8, 4) is 0 Å². The number of ether oxygens (including phenoxy) is 1. The highest BCUT2D eigenvalue weighted by Gasteiger charge is 2.08. The van der Waals surface area contributed by atoms with E-state index in [1.54, 1.807) is 0 Å². The van der Waals surface area contributed by atoms with Gasteiger partial charge >= 0.3 is 0 Å². The molecule has 0 aromatic carbocycles. The van der Waals surface area contributed by atoms with Crippen molar-refractivity contribution in [2.45, 2.75) is 33.8 Å². The average molecular weight is 176 g/mol. The standard InChI is InChI=1S/C9H20OS/c1-7(2)9(4)10-5-8(3)6-11/h7-9,11H,5-6H2,1-4H3. The smallest absolute Gasteiger partial charge is 0.0570 e. The number of rotatable bonds is 5. The highest BCUT2D eigenvalue weighted by molar-refractivity contribution is 7.80. The summed E-state index contributed by atoms with van der Waals surface area (Å²) in [6.07, 6.45) is 0.373. The molecule has 0 aliphatic carbocycles. The Balaban J connectivity index is 3.37. The molecule has 0 N–H and O–H groups in total. The maximum absolute atomic E-state index is 5.61. The van der Waals surface area contributed by atoms with Crippen LogP contribution < -0.4 is 0 Å². The molecule has 2 atom stereocenters. The fourth-order valence-electron chi connectivity index (χ4n) is 0.561. The van der Waals surface area contributed by atoms with Crippen LogP contribution in [0.25, 0.3) is 0 Å². The molecule has 0 heterocycles. The Labute approximate surface area is 75.9 Å². The van der Waals surface area contributed by atoms with Gasteiger partial charge in [-0.15, -0.1) is 0 Å². The summed E-state index contributed by atoms with van der Waals surface area (Å²) in [6.45, 7) is 9.46. The summed E-state index contributed by atoms with van der Waals surface area (Å²) in [6, 6.07) is 0. The quantitative estimate of drug-likeness (QED) is 0.634. The predicted molar refractivity (Wildman–Crippen MR) is 53.3 cm³/mol. The van der Waals surface area contributed by atoms with E-state index >= 15 is 0 Å². The third-order valence-electron chi connectivity index (χ3n) is 1.89. The molecule has 0 saturated carbocycles. The molecular weight excluding hydrogens is 156 g/mol. The lowest BCUT2D eigenvalue weighted by Crippen LogP contribution is -2.19. The lowest BCUT2D eigenvalue weighted by atomic mass is 10.1. The Kier molecular flexibility index (Phi) is 6.06. The van der Waals surface area contributed by atoms with E-state index in [0.29, 0.717) is 17.9 Å². The normalized spacial score (nSPS) is 16.9. The molecule has 0 aliphatic heterocycles. The van der Waals surface area contributed by atoms with Crippen LogP contribution in [0.2, 0.25) is 0 Å². The summed E-state index contributed by atoms with van der Waals surface area (Å²) in [5, 5.41) is 0. The molecule has 0 aromatic rings. The largest absolute Gasteiger partial charge is 0.378 e. The van der Waals surface area contributed by atoms with E-state index in [4.69, 9.17) is 4.74 Å². The van der Waals surface area contributed by atoms with Crippen LogP contribution in [-0.4, -0.2) is 18.5 Å². The molecule has 68 valence electrons. The maximum atomic E-state index is 5.61. The van der Waals surface area contributed by atoms with Gasteiger partial charge in [-0.2, -0.15) is 12.6 Å². The number of thiol groups is 1. The van der Waals surface area contributed by atoms with Crippen LogP contribution in [0.5, 0.6) is 0 Å². The second kappa shape index (κ2) is 5.90. The third-order valence-corrected chi connectivity index (χ3v) is 2.52. The van der Waals surface area contributed by atoms with Crippen molar-refractivity contribution in [1.82, 2.24) is 0 Å². The molecule has 0 radical (unpaired) electrons. The topological polar surface area (TPSA) is 9.23 Å². The monoisotopic (exact) mass is 176 g/mol. The van der Waals surface area contributed by atoms with Crippen LogP contribution in [0.3, 0.4) is 0 Å². The highest BCUT2D eigenvalue weighted by Crippen LogP contribution is 2.07. The molecule has 0 spiro atoms. The van der Waals surface area contributed by atoms with Gasteiger partial charge in [-0.1, -0.05) is 20.8 Å². The van der Waals surface area contributed by atoms with Crippen LogP contribution in [0, 0.1) is 11.8 Å². The number of hydrogen-bond acceptors (Lipinski definition) is 2. The second-order valence-corrected chi connectivity index (χ2v) is 3.94. The van der Waals surface area contributed by atoms with Crippen LogP contribution in [0.4, 0.5) is 0 Å². The molecule has 0 aromatic heterocycles. The SMILES string of the molecule is CC(CS)COC(C)C(C)C. The van der Waals surface area contributed by atoms with Gasteiger partial charge in [0, 0.05) is 0 Å². The Hall–Kier alpha value is 0.310. The summed E-state index contributed by atoms with van der Waals surface area (Å²) in [5.74, 6) is 2.09. The van der Waals surface area contributed by atoms with E-state index < -0.39 is 0 Å². The zero-order valence-corrected chi connectivity index (χ0v) is 8.90. The Morgan fingerprint density at radius 3 is 2.09 bits per heavy atom. The minimum Gasteiger partial charge on any atom is -0.378 e. The van der Waals surface area contributed by atoms with E-state index in [1.165, 1.54) is 0 Å². The molecule has 0 aliphatic rings. The Morgan fingerprint density at radius 1 is 1.18 bits per heavy atom. The summed E-state index contributed by atoms with van der Waals surface area (Å²) < 4.78 is 5.61. The Bertz CT molecular complexity index is 93.6. The third kappa shape index (κ3) is 5.57. The molecular formula is C9H20OS. The van der Waals surface area contributed by atoms with E-state index in [0.717, 1.165) is 12.4 Å². The predicted octanol–water partition coefficient (Wildman–Crippen LogP) is 2.61. The van der Waals surface area contributed by atoms with E-state index in [9.17, 15) is 0 Å². The zero-order valence-electron chi connectivity index (χ0n) is 8.00. The summed E-state index contributed by atoms with van der Waals surface area (Å²) in [4.78, 5) is 0. The molecule has 0 rings (SSSR count). The first kappa shape index (κ1) is 11.3. The Morgan fingerprint density at radius 2 is 1.73 bits per heavy atom. The van der Waals surface area contributed by atoms with Crippen LogP contribution in [-0.2, 0) is 4.74 Å². The van der Waals surface area contributed by atoms with Crippen LogP contribution in [0.15, 0.2) is 0 Å². The first-order valence-electron chi connectivity index (χ1n) is 4.30. The van der Waals surface area contributed by atoms with Gasteiger partial charge in [-0.3, -0.25) is 0 Å². The highest BCUT2D eigenvalue weighted by atomic mass is 32.1. The molecule has 0 saturated heterocycles. The average Bonchev–Trinajstić information content (AvgIpc) is 1.99. The fraction of sp³-hybridized carbons (Fsp3) is 1.00. The number of hydrogen-bond donors (Lipinski definition) is 1. The van der Waals surface area contributed by atoms with Crippen molar-refractivity contribution in [1.29, 1.82) is 0 Å². The molecule has 0 bridgehead atoms. The van der Waals surface area contributed by atoms with Crippen molar-refractivity contribution >= 4 is 12.6 Å². The van der Waals surface area contributed by atoms with Crippen LogP contribution >= 0.6 is 12.6 Å². The van der Waals surface area contributed by atoms with Crippen molar-refractivity contribution in [3.05, 3.63) is 0 Å². The minimum absolute atomic E-state index is 0.373. The summed E-state index contributed by atoms with van der Waals surface area (Å²) in [7, 11) is 0. The van der Waals surface area contributed by atoms with Crippen molar-refractivity contribution in [2.75, 3.05) is 12.4 Å². The van der Waals surface area contributed by atoms with Gasteiger partial charge in [0.05, 0.1) is 12.7 Å². The molecule has 11 heavy (non-hydrogen) atoms. The van der Waals surface area contributed by atoms with Crippen LogP contribution in [0.1, 0.15) is 27.7 Å². The first-order valence-corrected chi connectivity index (χ1v) is 4.93. The van der Waals surface area contributed by atoms with E-state index in [2.05, 4.69) is 40.3 Å². The summed E-state index contributed by atoms with van der Waals surface area (Å²) in [5.41, 5.74) is 0. The zero-order chi connectivity index (χ0) is 8.85. The van der Waals surface area contributed by atoms with Gasteiger partial charge in [0.15, 0.2) is 0 Å². The molecule has 0 fully saturated rings. The molecule has 0 amide bonds. The molecule has 2 heteroatoms. The van der Waals surface area contributed by atoms with Gasteiger partial charge in [0.2, 0.25) is 0 Å². The maximum Gasteiger partial charge on any atom is 0.0570 e. The molecule has 2 unspecified atom stereocenters. The van der Waals surface area contributed by atoms with Crippen molar-refractivity contribution in [2.24, 2.45) is 11.8 Å². The van der Waals surface area contributed by atoms with Gasteiger partial charge in [-0.05, 0) is 24.5 Å². The fourth-order valence-corrected chi connectivity index (χ4v) is 0.667. The lowest BCUT2D eigenvalue weighted by molar-refractivity contribution is 0.0208. The van der Waals surface area contributed by atoms with E-state index in [-0.39, 0.29) is 0 Å². The first-order chi connectivity index (χ1) is 5.07.